The van der Waals surface area contributed by atoms with E-state index in [1.807, 2.05) is 0 Å². The van der Waals surface area contributed by atoms with E-state index in [0.29, 0.717) is 6.04 Å². The van der Waals surface area contributed by atoms with Crippen molar-refractivity contribution in [2.24, 2.45) is 0 Å². The normalized spacial score (nSPS) is 23.4. The maximum Gasteiger partial charge on any atom is 0.217 e. The average molecular weight is 186 g/mol. The first kappa shape index (κ1) is 10.5. The molecule has 1 aliphatic heterocycles. The minimum atomic E-state index is 0.0681. The largest absolute Gasteiger partial charge is 0.383 e. The predicted octanol–water partition coefficient (Wildman–Crippen LogP) is -0.157. The van der Waals surface area contributed by atoms with Gasteiger partial charge in [-0.2, -0.15) is 0 Å². The minimum Gasteiger partial charge on any atom is -0.383 e. The summed E-state index contributed by atoms with van der Waals surface area (Å²) in [6, 6.07) is 0.342. The van der Waals surface area contributed by atoms with E-state index in [4.69, 9.17) is 4.74 Å². The van der Waals surface area contributed by atoms with Crippen LogP contribution >= 0.6 is 0 Å². The Morgan fingerprint density at radius 1 is 1.69 bits per heavy atom. The second-order valence-corrected chi connectivity index (χ2v) is 3.48. The number of nitrogens with zero attached hydrogens (tertiary/aromatic N) is 1. The van der Waals surface area contributed by atoms with Gasteiger partial charge in [-0.15, -0.1) is 0 Å². The molecule has 1 saturated heterocycles. The van der Waals surface area contributed by atoms with Gasteiger partial charge in [0, 0.05) is 39.7 Å². The Morgan fingerprint density at radius 3 is 3.08 bits per heavy atom. The van der Waals surface area contributed by atoms with Crippen molar-refractivity contribution in [1.29, 1.82) is 0 Å². The summed E-state index contributed by atoms with van der Waals surface area (Å²) in [5.41, 5.74) is 0. The van der Waals surface area contributed by atoms with Gasteiger partial charge in [0.05, 0.1) is 6.61 Å². The maximum absolute atomic E-state index is 10.8. The number of amides is 1. The Morgan fingerprint density at radius 2 is 2.46 bits per heavy atom. The second kappa shape index (κ2) is 5.19. The van der Waals surface area contributed by atoms with Crippen LogP contribution in [-0.2, 0) is 9.53 Å². The highest BCUT2D eigenvalue weighted by molar-refractivity contribution is 5.73. The predicted molar refractivity (Wildman–Crippen MR) is 50.5 cm³/mol. The van der Waals surface area contributed by atoms with Crippen LogP contribution in [0.3, 0.4) is 0 Å². The van der Waals surface area contributed by atoms with Crippen LogP contribution in [0, 0.1) is 0 Å². The van der Waals surface area contributed by atoms with E-state index < -0.39 is 0 Å². The zero-order chi connectivity index (χ0) is 9.68. The molecule has 1 fully saturated rings. The molecule has 0 saturated carbocycles. The van der Waals surface area contributed by atoms with Gasteiger partial charge in [-0.05, 0) is 6.42 Å². The van der Waals surface area contributed by atoms with Crippen LogP contribution in [-0.4, -0.2) is 50.2 Å². The molecule has 4 nitrogen and oxygen atoms in total. The third-order valence-corrected chi connectivity index (χ3v) is 2.29. The molecule has 0 aromatic heterocycles. The van der Waals surface area contributed by atoms with Crippen LogP contribution < -0.4 is 5.32 Å². The Labute approximate surface area is 79.2 Å². The van der Waals surface area contributed by atoms with Gasteiger partial charge in [0.25, 0.3) is 0 Å². The van der Waals surface area contributed by atoms with Crippen molar-refractivity contribution < 1.29 is 9.53 Å². The molecule has 1 rings (SSSR count). The highest BCUT2D eigenvalue weighted by atomic mass is 16.5. The Kier molecular flexibility index (Phi) is 4.18. The van der Waals surface area contributed by atoms with E-state index in [2.05, 4.69) is 10.2 Å². The van der Waals surface area contributed by atoms with Crippen molar-refractivity contribution >= 4 is 5.91 Å². The monoisotopic (exact) mass is 186 g/mol. The molecule has 13 heavy (non-hydrogen) atoms. The highest BCUT2D eigenvalue weighted by Gasteiger charge is 2.21. The molecule has 1 unspecified atom stereocenters. The summed E-state index contributed by atoms with van der Waals surface area (Å²) in [4.78, 5) is 13.1. The summed E-state index contributed by atoms with van der Waals surface area (Å²) in [7, 11) is 1.71. The van der Waals surface area contributed by atoms with Crippen molar-refractivity contribution in [2.75, 3.05) is 33.4 Å². The molecule has 1 amide bonds. The van der Waals surface area contributed by atoms with Gasteiger partial charge in [0.2, 0.25) is 5.91 Å². The summed E-state index contributed by atoms with van der Waals surface area (Å²) >= 11 is 0. The van der Waals surface area contributed by atoms with Gasteiger partial charge >= 0.3 is 0 Å². The van der Waals surface area contributed by atoms with Crippen LogP contribution in [0.4, 0.5) is 0 Å². The summed E-state index contributed by atoms with van der Waals surface area (Å²) < 4.78 is 4.99. The minimum absolute atomic E-state index is 0.0681. The number of carbonyl (C=O) groups excluding carboxylic acids is 1. The standard InChI is InChI=1S/C9H18N2O2/c1-8(12)10-9-3-4-11(7-9)5-6-13-2/h9H,3-7H2,1-2H3,(H,10,12). The number of rotatable bonds is 4. The van der Waals surface area contributed by atoms with E-state index >= 15 is 0 Å². The van der Waals surface area contributed by atoms with Gasteiger partial charge in [0.15, 0.2) is 0 Å². The molecule has 0 aromatic rings. The summed E-state index contributed by atoms with van der Waals surface area (Å²) in [5, 5.41) is 2.93. The topological polar surface area (TPSA) is 41.6 Å². The second-order valence-electron chi connectivity index (χ2n) is 3.48. The third-order valence-electron chi connectivity index (χ3n) is 2.29. The van der Waals surface area contributed by atoms with Crippen molar-refractivity contribution in [3.63, 3.8) is 0 Å². The molecule has 0 radical (unpaired) electrons. The molecule has 0 spiro atoms. The van der Waals surface area contributed by atoms with E-state index in [1.54, 1.807) is 14.0 Å². The summed E-state index contributed by atoms with van der Waals surface area (Å²) in [6.07, 6.45) is 1.06. The Bertz CT molecular complexity index is 173. The lowest BCUT2D eigenvalue weighted by Crippen LogP contribution is -2.36. The quantitative estimate of drug-likeness (QED) is 0.663. The van der Waals surface area contributed by atoms with Crippen LogP contribution in [0.15, 0.2) is 0 Å². The lowest BCUT2D eigenvalue weighted by molar-refractivity contribution is -0.119. The molecule has 0 bridgehead atoms. The molecule has 1 atom stereocenters. The highest BCUT2D eigenvalue weighted by Crippen LogP contribution is 2.07. The van der Waals surface area contributed by atoms with E-state index in [1.165, 1.54) is 0 Å². The molecule has 1 aliphatic rings. The van der Waals surface area contributed by atoms with Crippen LogP contribution in [0.25, 0.3) is 0 Å². The van der Waals surface area contributed by atoms with E-state index in [0.717, 1.165) is 32.7 Å². The lowest BCUT2D eigenvalue weighted by Gasteiger charge is -2.15. The summed E-state index contributed by atoms with van der Waals surface area (Å²) in [6.45, 7) is 5.33. The van der Waals surface area contributed by atoms with Crippen molar-refractivity contribution in [2.45, 2.75) is 19.4 Å². The molecule has 0 aromatic carbocycles. The number of carbonyl (C=O) groups is 1. The molecular formula is C9H18N2O2. The molecule has 76 valence electrons. The molecule has 1 heterocycles. The van der Waals surface area contributed by atoms with Crippen molar-refractivity contribution in [1.82, 2.24) is 10.2 Å². The first-order valence-electron chi connectivity index (χ1n) is 4.70. The van der Waals surface area contributed by atoms with E-state index in [9.17, 15) is 4.79 Å². The zero-order valence-corrected chi connectivity index (χ0v) is 8.38. The first-order chi connectivity index (χ1) is 6.22. The van der Waals surface area contributed by atoms with Crippen molar-refractivity contribution in [3.8, 4) is 0 Å². The van der Waals surface area contributed by atoms with Gasteiger partial charge in [-0.25, -0.2) is 0 Å². The number of ether oxygens (including phenoxy) is 1. The SMILES string of the molecule is COCCN1CCC(NC(C)=O)C1. The Hall–Kier alpha value is -0.610. The first-order valence-corrected chi connectivity index (χ1v) is 4.70. The fourth-order valence-electron chi connectivity index (χ4n) is 1.66. The Balaban J connectivity index is 2.16. The van der Waals surface area contributed by atoms with Crippen LogP contribution in [0.2, 0.25) is 0 Å². The van der Waals surface area contributed by atoms with Gasteiger partial charge in [-0.1, -0.05) is 0 Å². The van der Waals surface area contributed by atoms with Gasteiger partial charge in [-0.3, -0.25) is 9.69 Å². The maximum atomic E-state index is 10.8. The average Bonchev–Trinajstić information content (AvgIpc) is 2.48. The molecule has 4 heteroatoms. The number of hydrogen-bond donors (Lipinski definition) is 1. The van der Waals surface area contributed by atoms with E-state index in [-0.39, 0.29) is 5.91 Å². The van der Waals surface area contributed by atoms with Gasteiger partial charge in [0.1, 0.15) is 0 Å². The summed E-state index contributed by atoms with van der Waals surface area (Å²) in [5.74, 6) is 0.0681. The third kappa shape index (κ3) is 3.74. The van der Waals surface area contributed by atoms with Crippen molar-refractivity contribution in [3.05, 3.63) is 0 Å². The molecule has 0 aliphatic carbocycles. The molecular weight excluding hydrogens is 168 g/mol. The fraction of sp³-hybridized carbons (Fsp3) is 0.889. The van der Waals surface area contributed by atoms with Gasteiger partial charge < -0.3 is 10.1 Å². The van der Waals surface area contributed by atoms with Crippen LogP contribution in [0.1, 0.15) is 13.3 Å². The smallest absolute Gasteiger partial charge is 0.217 e. The number of nitrogens with one attached hydrogen (secondary N) is 1. The fourth-order valence-corrected chi connectivity index (χ4v) is 1.66. The molecule has 1 N–H and O–H groups in total. The lowest BCUT2D eigenvalue weighted by atomic mass is 10.3. The number of hydrogen-bond acceptors (Lipinski definition) is 3. The zero-order valence-electron chi connectivity index (χ0n) is 8.38. The number of likely N-dealkylation sites (tertiary alicyclic amines) is 1. The number of methoxy groups -OCH3 is 1. The van der Waals surface area contributed by atoms with Crippen LogP contribution in [0.5, 0.6) is 0 Å².